The van der Waals surface area contributed by atoms with E-state index >= 15 is 0 Å². The van der Waals surface area contributed by atoms with E-state index in [0.717, 1.165) is 55.0 Å². The van der Waals surface area contributed by atoms with Crippen LogP contribution in [0.2, 0.25) is 0 Å². The van der Waals surface area contributed by atoms with Crippen molar-refractivity contribution in [3.05, 3.63) is 41.6 Å². The van der Waals surface area contributed by atoms with Crippen molar-refractivity contribution in [1.82, 2.24) is 15.1 Å². The molecule has 1 amide bonds. The molecule has 4 bridgehead atoms. The van der Waals surface area contributed by atoms with E-state index in [2.05, 4.69) is 17.3 Å². The summed E-state index contributed by atoms with van der Waals surface area (Å²) in [5, 5.41) is 28.5. The van der Waals surface area contributed by atoms with Crippen LogP contribution < -0.4 is 5.32 Å². The van der Waals surface area contributed by atoms with Crippen LogP contribution in [0.5, 0.6) is 0 Å². The van der Waals surface area contributed by atoms with E-state index < -0.39 is 11.6 Å². The van der Waals surface area contributed by atoms with Crippen LogP contribution in [-0.2, 0) is 0 Å². The van der Waals surface area contributed by atoms with E-state index in [1.165, 1.54) is 0 Å². The third-order valence-electron chi connectivity index (χ3n) is 7.31. The summed E-state index contributed by atoms with van der Waals surface area (Å²) in [7, 11) is 0. The topological polar surface area (TPSA) is 104 Å². The number of aliphatic hydroxyl groups is 1. The summed E-state index contributed by atoms with van der Waals surface area (Å²) >= 11 is 1.59. The van der Waals surface area contributed by atoms with Crippen LogP contribution in [-0.4, -0.2) is 49.3 Å². The van der Waals surface area contributed by atoms with E-state index in [9.17, 15) is 14.7 Å². The largest absolute Gasteiger partial charge is 0.478 e. The highest BCUT2D eigenvalue weighted by Gasteiger charge is 2.55. The Morgan fingerprint density at radius 3 is 2.47 bits per heavy atom. The second kappa shape index (κ2) is 8.23. The van der Waals surface area contributed by atoms with Crippen molar-refractivity contribution in [3.8, 4) is 5.69 Å². The van der Waals surface area contributed by atoms with E-state index in [1.54, 1.807) is 46.9 Å². The van der Waals surface area contributed by atoms with Gasteiger partial charge in [-0.3, -0.25) is 4.79 Å². The number of carboxylic acids is 1. The number of hydrogen-bond acceptors (Lipinski definition) is 5. The molecule has 1 aromatic carbocycles. The Morgan fingerprint density at radius 2 is 1.88 bits per heavy atom. The SMILES string of the molecule is CCCSc1c(C(=O)N[C@H]2C3CC4C[C@@H]2C[C@](O)(C4)C3)cnn1-c1ccc(C(=O)O)cc1. The maximum Gasteiger partial charge on any atom is 0.335 e. The Hall–Kier alpha value is -2.32. The molecule has 0 saturated heterocycles. The molecule has 7 nitrogen and oxygen atoms in total. The minimum absolute atomic E-state index is 0.110. The Labute approximate surface area is 191 Å². The van der Waals surface area contributed by atoms with Gasteiger partial charge in [-0.2, -0.15) is 5.10 Å². The Kier molecular flexibility index (Phi) is 5.53. The smallest absolute Gasteiger partial charge is 0.335 e. The molecule has 2 aromatic rings. The Morgan fingerprint density at radius 1 is 1.19 bits per heavy atom. The molecule has 0 aliphatic heterocycles. The van der Waals surface area contributed by atoms with Crippen LogP contribution in [0, 0.1) is 17.8 Å². The number of aromatic carboxylic acids is 1. The molecule has 0 spiro atoms. The number of carboxylic acid groups (broad SMARTS) is 1. The molecule has 2 unspecified atom stereocenters. The van der Waals surface area contributed by atoms with Crippen molar-refractivity contribution in [2.24, 2.45) is 17.8 Å². The van der Waals surface area contributed by atoms with Crippen LogP contribution in [0.3, 0.4) is 0 Å². The molecule has 4 fully saturated rings. The van der Waals surface area contributed by atoms with Gasteiger partial charge in [-0.25, -0.2) is 9.48 Å². The van der Waals surface area contributed by atoms with Crippen molar-refractivity contribution in [2.75, 3.05) is 5.75 Å². The zero-order chi connectivity index (χ0) is 22.5. The number of nitrogens with zero attached hydrogens (tertiary/aromatic N) is 2. The minimum Gasteiger partial charge on any atom is -0.478 e. The molecular formula is C24H29N3O4S. The van der Waals surface area contributed by atoms with Gasteiger partial charge in [-0.05, 0) is 86.3 Å². The van der Waals surface area contributed by atoms with Crippen molar-refractivity contribution in [2.45, 2.75) is 62.1 Å². The lowest BCUT2D eigenvalue weighted by Crippen LogP contribution is -2.61. The van der Waals surface area contributed by atoms with E-state index in [4.69, 9.17) is 5.11 Å². The van der Waals surface area contributed by atoms with Crippen LogP contribution in [0.1, 0.15) is 66.2 Å². The van der Waals surface area contributed by atoms with E-state index in [-0.39, 0.29) is 17.5 Å². The number of amides is 1. The first-order valence-corrected chi connectivity index (χ1v) is 12.4. The first-order chi connectivity index (χ1) is 15.4. The van der Waals surface area contributed by atoms with E-state index in [1.807, 2.05) is 0 Å². The zero-order valence-corrected chi connectivity index (χ0v) is 19.0. The second-order valence-electron chi connectivity index (χ2n) is 9.67. The summed E-state index contributed by atoms with van der Waals surface area (Å²) in [6.07, 6.45) is 7.26. The number of benzene rings is 1. The van der Waals surface area contributed by atoms with Gasteiger partial charge in [0.15, 0.2) is 0 Å². The maximum atomic E-state index is 13.4. The molecule has 1 aromatic heterocycles. The number of nitrogens with one attached hydrogen (secondary N) is 1. The molecule has 0 radical (unpaired) electrons. The second-order valence-corrected chi connectivity index (χ2v) is 10.8. The number of rotatable bonds is 7. The molecule has 3 N–H and O–H groups in total. The third kappa shape index (κ3) is 3.83. The summed E-state index contributed by atoms with van der Waals surface area (Å²) in [4.78, 5) is 24.5. The number of hydrogen-bond donors (Lipinski definition) is 3. The average molecular weight is 456 g/mol. The number of carbonyl (C=O) groups excluding carboxylic acids is 1. The molecular weight excluding hydrogens is 426 g/mol. The highest BCUT2D eigenvalue weighted by molar-refractivity contribution is 7.99. The third-order valence-corrected chi connectivity index (χ3v) is 8.59. The average Bonchev–Trinajstić information content (AvgIpc) is 3.17. The highest BCUT2D eigenvalue weighted by atomic mass is 32.2. The van der Waals surface area contributed by atoms with Gasteiger partial charge in [0.1, 0.15) is 5.03 Å². The van der Waals surface area contributed by atoms with Gasteiger partial charge < -0.3 is 15.5 Å². The molecule has 8 heteroatoms. The molecule has 6 rings (SSSR count). The summed E-state index contributed by atoms with van der Waals surface area (Å²) < 4.78 is 1.72. The van der Waals surface area contributed by atoms with Gasteiger partial charge >= 0.3 is 5.97 Å². The summed E-state index contributed by atoms with van der Waals surface area (Å²) in [6.45, 7) is 2.09. The molecule has 170 valence electrons. The van der Waals surface area contributed by atoms with Gasteiger partial charge in [0.05, 0.1) is 28.6 Å². The van der Waals surface area contributed by atoms with Crippen molar-refractivity contribution < 1.29 is 19.8 Å². The van der Waals surface area contributed by atoms with Gasteiger partial charge in [-0.15, -0.1) is 11.8 Å². The zero-order valence-electron chi connectivity index (χ0n) is 18.2. The van der Waals surface area contributed by atoms with Gasteiger partial charge in [0.25, 0.3) is 5.91 Å². The Balaban J connectivity index is 1.39. The van der Waals surface area contributed by atoms with E-state index in [0.29, 0.717) is 23.3 Å². The number of aromatic nitrogens is 2. The predicted molar refractivity (Wildman–Crippen MR) is 121 cm³/mol. The van der Waals surface area contributed by atoms with Gasteiger partial charge in [0, 0.05) is 6.04 Å². The minimum atomic E-state index is -0.974. The molecule has 4 aliphatic rings. The molecule has 1 heterocycles. The lowest BCUT2D eigenvalue weighted by atomic mass is 9.52. The maximum absolute atomic E-state index is 13.4. The number of carbonyl (C=O) groups is 2. The molecule has 32 heavy (non-hydrogen) atoms. The predicted octanol–water partition coefficient (Wildman–Crippen LogP) is 3.74. The normalized spacial score (nSPS) is 30.4. The lowest BCUT2D eigenvalue weighted by Gasteiger charge is -2.58. The quantitative estimate of drug-likeness (QED) is 0.550. The summed E-state index contributed by atoms with van der Waals surface area (Å²) in [6, 6.07) is 6.64. The summed E-state index contributed by atoms with van der Waals surface area (Å²) in [5.41, 5.74) is 0.973. The van der Waals surface area contributed by atoms with Crippen LogP contribution >= 0.6 is 11.8 Å². The standard InChI is InChI=1S/C24H29N3O4S/c1-2-7-32-22-19(13-25-27(22)18-5-3-15(4-6-18)23(29)30)21(28)26-20-16-8-14-9-17(20)12-24(31,10-14)11-16/h3-6,13-14,16-17,20,31H,2,7-12H2,1H3,(H,26,28)(H,29,30)/t14?,16-,17?,20-,24-/m1/s1. The molecule has 4 aliphatic carbocycles. The number of thioether (sulfide) groups is 1. The molecule has 5 atom stereocenters. The van der Waals surface area contributed by atoms with Crippen LogP contribution in [0.25, 0.3) is 5.69 Å². The van der Waals surface area contributed by atoms with Crippen molar-refractivity contribution in [1.29, 1.82) is 0 Å². The van der Waals surface area contributed by atoms with Gasteiger partial charge in [-0.1, -0.05) is 6.92 Å². The van der Waals surface area contributed by atoms with Gasteiger partial charge in [0.2, 0.25) is 0 Å². The Bertz CT molecular complexity index is 1020. The van der Waals surface area contributed by atoms with Crippen molar-refractivity contribution in [3.63, 3.8) is 0 Å². The lowest BCUT2D eigenvalue weighted by molar-refractivity contribution is -0.136. The fourth-order valence-corrected chi connectivity index (χ4v) is 7.18. The van der Waals surface area contributed by atoms with Crippen LogP contribution in [0.4, 0.5) is 0 Å². The monoisotopic (exact) mass is 455 g/mol. The fourth-order valence-electron chi connectivity index (χ4n) is 6.21. The van der Waals surface area contributed by atoms with Crippen LogP contribution in [0.15, 0.2) is 35.5 Å². The fraction of sp³-hybridized carbons (Fsp3) is 0.542. The first-order valence-electron chi connectivity index (χ1n) is 11.4. The first kappa shape index (κ1) is 21.5. The molecule has 4 saturated carbocycles. The van der Waals surface area contributed by atoms with Crippen molar-refractivity contribution >= 4 is 23.6 Å². The summed E-state index contributed by atoms with van der Waals surface area (Å²) in [5.74, 6) is 1.06. The highest BCUT2D eigenvalue weighted by Crippen LogP contribution is 2.55.